The minimum Gasteiger partial charge on any atom is -0.340 e. The number of hydrogen-bond donors (Lipinski definition) is 2. The van der Waals surface area contributed by atoms with E-state index in [4.69, 9.17) is 4.52 Å². The highest BCUT2D eigenvalue weighted by Gasteiger charge is 2.16. The topological polar surface area (TPSA) is 97.1 Å². The Morgan fingerprint density at radius 2 is 2.24 bits per heavy atom. The molecule has 0 radical (unpaired) electrons. The standard InChI is InChI=1S/C12H18N4O3S2/c1-3-13-7-10-6-12(20-8-10)21(17,18)14-5-4-11-15-9(2)19-16-11/h6,8,13-14H,3-5,7H2,1-2H3. The Balaban J connectivity index is 1.90. The normalized spacial score (nSPS) is 11.9. The summed E-state index contributed by atoms with van der Waals surface area (Å²) in [6, 6.07) is 1.69. The van der Waals surface area contributed by atoms with Crippen molar-refractivity contribution >= 4 is 21.4 Å². The lowest BCUT2D eigenvalue weighted by Crippen LogP contribution is -2.25. The second kappa shape index (κ2) is 7.12. The highest BCUT2D eigenvalue weighted by Crippen LogP contribution is 2.19. The van der Waals surface area contributed by atoms with E-state index in [0.29, 0.717) is 28.9 Å². The summed E-state index contributed by atoms with van der Waals surface area (Å²) < 4.78 is 32.0. The van der Waals surface area contributed by atoms with Gasteiger partial charge in [-0.15, -0.1) is 11.3 Å². The van der Waals surface area contributed by atoms with E-state index in [0.717, 1.165) is 12.1 Å². The molecule has 0 spiro atoms. The Hall–Kier alpha value is -1.29. The van der Waals surface area contributed by atoms with Crippen molar-refractivity contribution in [2.75, 3.05) is 13.1 Å². The summed E-state index contributed by atoms with van der Waals surface area (Å²) in [5.41, 5.74) is 0.969. The van der Waals surface area contributed by atoms with Gasteiger partial charge in [-0.1, -0.05) is 12.1 Å². The smallest absolute Gasteiger partial charge is 0.250 e. The Kier molecular flexibility index (Phi) is 5.45. The molecule has 7 nitrogen and oxygen atoms in total. The van der Waals surface area contributed by atoms with E-state index in [2.05, 4.69) is 20.2 Å². The minimum absolute atomic E-state index is 0.238. The molecule has 0 unspecified atom stereocenters. The van der Waals surface area contributed by atoms with E-state index >= 15 is 0 Å². The predicted octanol–water partition coefficient (Wildman–Crippen LogP) is 1.07. The summed E-state index contributed by atoms with van der Waals surface area (Å²) in [6.45, 7) is 5.45. The van der Waals surface area contributed by atoms with Gasteiger partial charge in [0.2, 0.25) is 15.9 Å². The monoisotopic (exact) mass is 330 g/mol. The average molecular weight is 330 g/mol. The average Bonchev–Trinajstić information content (AvgIpc) is 3.06. The van der Waals surface area contributed by atoms with Crippen molar-refractivity contribution in [3.63, 3.8) is 0 Å². The zero-order valence-corrected chi connectivity index (χ0v) is 13.6. The molecule has 0 atom stereocenters. The molecule has 2 N–H and O–H groups in total. The van der Waals surface area contributed by atoms with E-state index < -0.39 is 10.0 Å². The molecule has 0 aliphatic rings. The number of nitrogens with one attached hydrogen (secondary N) is 2. The van der Waals surface area contributed by atoms with Gasteiger partial charge in [0.15, 0.2) is 5.82 Å². The van der Waals surface area contributed by atoms with E-state index in [9.17, 15) is 8.42 Å². The first kappa shape index (κ1) is 16.1. The molecule has 0 fully saturated rings. The molecular formula is C12H18N4O3S2. The van der Waals surface area contributed by atoms with Gasteiger partial charge < -0.3 is 9.84 Å². The van der Waals surface area contributed by atoms with Crippen LogP contribution in [0, 0.1) is 6.92 Å². The molecule has 0 aliphatic carbocycles. The third kappa shape index (κ3) is 4.60. The molecular weight excluding hydrogens is 312 g/mol. The van der Waals surface area contributed by atoms with Crippen LogP contribution in [0.1, 0.15) is 24.2 Å². The van der Waals surface area contributed by atoms with Crippen molar-refractivity contribution in [2.24, 2.45) is 0 Å². The van der Waals surface area contributed by atoms with Gasteiger partial charge in [-0.05, 0) is 23.6 Å². The van der Waals surface area contributed by atoms with Crippen molar-refractivity contribution in [3.8, 4) is 0 Å². The van der Waals surface area contributed by atoms with Crippen molar-refractivity contribution in [2.45, 2.75) is 31.0 Å². The summed E-state index contributed by atoms with van der Waals surface area (Å²) in [6.07, 6.45) is 0.395. The SMILES string of the molecule is CCNCc1csc(S(=O)(=O)NCCc2noc(C)n2)c1. The first-order valence-corrected chi connectivity index (χ1v) is 8.94. The van der Waals surface area contributed by atoms with Gasteiger partial charge in [0.25, 0.3) is 0 Å². The van der Waals surface area contributed by atoms with Crippen LogP contribution in [0.3, 0.4) is 0 Å². The number of hydrogen-bond acceptors (Lipinski definition) is 7. The number of sulfonamides is 1. The van der Waals surface area contributed by atoms with Crippen LogP contribution in [0.5, 0.6) is 0 Å². The second-order valence-corrected chi connectivity index (χ2v) is 7.34. The van der Waals surface area contributed by atoms with Crippen LogP contribution in [0.25, 0.3) is 0 Å². The largest absolute Gasteiger partial charge is 0.340 e. The maximum Gasteiger partial charge on any atom is 0.250 e. The number of aryl methyl sites for hydroxylation is 1. The van der Waals surface area contributed by atoms with Crippen LogP contribution in [-0.4, -0.2) is 31.6 Å². The van der Waals surface area contributed by atoms with Gasteiger partial charge in [-0.2, -0.15) is 4.98 Å². The van der Waals surface area contributed by atoms with Crippen molar-refractivity contribution in [1.82, 2.24) is 20.2 Å². The van der Waals surface area contributed by atoms with Crippen LogP contribution in [0.4, 0.5) is 0 Å². The summed E-state index contributed by atoms with van der Waals surface area (Å²) >= 11 is 1.22. The lowest BCUT2D eigenvalue weighted by Gasteiger charge is -2.02. The number of nitrogens with zero attached hydrogens (tertiary/aromatic N) is 2. The van der Waals surface area contributed by atoms with Crippen molar-refractivity contribution < 1.29 is 12.9 Å². The Labute approximate surface area is 127 Å². The quantitative estimate of drug-likeness (QED) is 0.751. The van der Waals surface area contributed by atoms with Gasteiger partial charge in [-0.3, -0.25) is 0 Å². The van der Waals surface area contributed by atoms with Crippen LogP contribution in [0.15, 0.2) is 20.2 Å². The molecule has 9 heteroatoms. The van der Waals surface area contributed by atoms with Gasteiger partial charge >= 0.3 is 0 Å². The second-order valence-electron chi connectivity index (χ2n) is 4.43. The molecule has 2 aromatic rings. The fourth-order valence-corrected chi connectivity index (χ4v) is 3.95. The minimum atomic E-state index is -3.47. The highest BCUT2D eigenvalue weighted by molar-refractivity contribution is 7.91. The van der Waals surface area contributed by atoms with Crippen molar-refractivity contribution in [3.05, 3.63) is 28.7 Å². The fourth-order valence-electron chi connectivity index (χ4n) is 1.67. The number of thiophene rings is 1. The summed E-state index contributed by atoms with van der Waals surface area (Å²) in [7, 11) is -3.47. The fraction of sp³-hybridized carbons (Fsp3) is 0.500. The van der Waals surface area contributed by atoms with Crippen LogP contribution >= 0.6 is 11.3 Å². The van der Waals surface area contributed by atoms with Crippen molar-refractivity contribution in [1.29, 1.82) is 0 Å². The number of aromatic nitrogens is 2. The molecule has 116 valence electrons. The van der Waals surface area contributed by atoms with E-state index in [-0.39, 0.29) is 6.54 Å². The van der Waals surface area contributed by atoms with E-state index in [1.165, 1.54) is 11.3 Å². The van der Waals surface area contributed by atoms with E-state index in [1.807, 2.05) is 12.3 Å². The third-order valence-electron chi connectivity index (χ3n) is 2.68. The van der Waals surface area contributed by atoms with Crippen LogP contribution in [-0.2, 0) is 23.0 Å². The molecule has 0 bridgehead atoms. The maximum absolute atomic E-state index is 12.1. The Morgan fingerprint density at radius 1 is 1.43 bits per heavy atom. The summed E-state index contributed by atoms with van der Waals surface area (Å²) in [5.74, 6) is 0.966. The third-order valence-corrected chi connectivity index (χ3v) is 5.63. The first-order valence-electron chi connectivity index (χ1n) is 6.58. The molecule has 21 heavy (non-hydrogen) atoms. The van der Waals surface area contributed by atoms with Gasteiger partial charge in [0.05, 0.1) is 0 Å². The first-order chi connectivity index (χ1) is 10.0. The molecule has 2 aromatic heterocycles. The Bertz CT molecular complexity index is 678. The molecule has 2 rings (SSSR count). The predicted molar refractivity (Wildman–Crippen MR) is 79.6 cm³/mol. The number of rotatable bonds is 8. The summed E-state index contributed by atoms with van der Waals surface area (Å²) in [4.78, 5) is 4.02. The Morgan fingerprint density at radius 3 is 2.90 bits per heavy atom. The summed E-state index contributed by atoms with van der Waals surface area (Å²) in [5, 5.41) is 8.73. The molecule has 2 heterocycles. The van der Waals surface area contributed by atoms with Crippen LogP contribution < -0.4 is 10.0 Å². The zero-order valence-electron chi connectivity index (χ0n) is 11.9. The van der Waals surface area contributed by atoms with E-state index in [1.54, 1.807) is 13.0 Å². The highest BCUT2D eigenvalue weighted by atomic mass is 32.2. The molecule has 0 saturated heterocycles. The molecule has 0 aliphatic heterocycles. The molecule has 0 saturated carbocycles. The van der Waals surface area contributed by atoms with Gasteiger partial charge in [0, 0.05) is 26.4 Å². The zero-order chi connectivity index (χ0) is 15.3. The molecule has 0 aromatic carbocycles. The van der Waals surface area contributed by atoms with Gasteiger partial charge in [-0.25, -0.2) is 13.1 Å². The van der Waals surface area contributed by atoms with Crippen LogP contribution in [0.2, 0.25) is 0 Å². The molecule has 0 amide bonds. The lowest BCUT2D eigenvalue weighted by atomic mass is 10.3. The lowest BCUT2D eigenvalue weighted by molar-refractivity contribution is 0.387. The maximum atomic E-state index is 12.1. The van der Waals surface area contributed by atoms with Gasteiger partial charge in [0.1, 0.15) is 4.21 Å².